The minimum absolute atomic E-state index is 0.00257. The Hall–Kier alpha value is -3.80. The standard InChI is InChI=1S/C27H32N4O2/c1-28-27(30-19-22-9-13-24(14-10-22)26(32)31(2)3)29-18-17-21-11-15-25(16-12-21)33-20-23-7-5-4-6-8-23/h4-16H,17-20H2,1-3H3,(H2,28,29,30). The summed E-state index contributed by atoms with van der Waals surface area (Å²) in [5, 5.41) is 6.65. The molecule has 0 radical (unpaired) electrons. The van der Waals surface area contributed by atoms with E-state index in [1.807, 2.05) is 54.6 Å². The Balaban J connectivity index is 1.39. The van der Waals surface area contributed by atoms with Crippen molar-refractivity contribution in [2.45, 2.75) is 19.6 Å². The number of aliphatic imine (C=N–C) groups is 1. The van der Waals surface area contributed by atoms with Crippen LogP contribution in [-0.4, -0.2) is 44.5 Å². The molecule has 2 N–H and O–H groups in total. The first kappa shape index (κ1) is 23.9. The maximum absolute atomic E-state index is 12.0. The molecule has 3 rings (SSSR count). The van der Waals surface area contributed by atoms with Gasteiger partial charge in [-0.05, 0) is 47.4 Å². The van der Waals surface area contributed by atoms with E-state index in [-0.39, 0.29) is 5.91 Å². The van der Waals surface area contributed by atoms with Crippen LogP contribution in [0, 0.1) is 0 Å². The Labute approximate surface area is 196 Å². The molecule has 0 fully saturated rings. The topological polar surface area (TPSA) is 66.0 Å². The highest BCUT2D eigenvalue weighted by Crippen LogP contribution is 2.14. The van der Waals surface area contributed by atoms with Crippen molar-refractivity contribution in [3.05, 3.63) is 101 Å². The molecule has 0 bridgehead atoms. The molecular weight excluding hydrogens is 412 g/mol. The van der Waals surface area contributed by atoms with Crippen LogP contribution in [0.25, 0.3) is 0 Å². The molecule has 3 aromatic carbocycles. The number of ether oxygens (including phenoxy) is 1. The van der Waals surface area contributed by atoms with Crippen molar-refractivity contribution in [3.63, 3.8) is 0 Å². The van der Waals surface area contributed by atoms with E-state index in [1.165, 1.54) is 5.56 Å². The predicted molar refractivity (Wildman–Crippen MR) is 134 cm³/mol. The lowest BCUT2D eigenvalue weighted by atomic mass is 10.1. The van der Waals surface area contributed by atoms with Crippen molar-refractivity contribution in [1.82, 2.24) is 15.5 Å². The van der Waals surface area contributed by atoms with E-state index in [4.69, 9.17) is 4.74 Å². The van der Waals surface area contributed by atoms with E-state index in [9.17, 15) is 4.79 Å². The van der Waals surface area contributed by atoms with Crippen molar-refractivity contribution in [1.29, 1.82) is 0 Å². The maximum Gasteiger partial charge on any atom is 0.253 e. The van der Waals surface area contributed by atoms with Crippen molar-refractivity contribution < 1.29 is 9.53 Å². The second-order valence-electron chi connectivity index (χ2n) is 7.92. The molecule has 0 saturated carbocycles. The Morgan fingerprint density at radius 3 is 2.15 bits per heavy atom. The number of nitrogens with one attached hydrogen (secondary N) is 2. The van der Waals surface area contributed by atoms with Crippen molar-refractivity contribution in [2.24, 2.45) is 4.99 Å². The summed E-state index contributed by atoms with van der Waals surface area (Å²) in [4.78, 5) is 17.8. The molecule has 1 amide bonds. The second-order valence-corrected chi connectivity index (χ2v) is 7.92. The van der Waals surface area contributed by atoms with E-state index in [0.717, 1.165) is 35.8 Å². The SMILES string of the molecule is CN=C(NCCc1ccc(OCc2ccccc2)cc1)NCc1ccc(C(=O)N(C)C)cc1. The fourth-order valence-corrected chi connectivity index (χ4v) is 3.25. The van der Waals surface area contributed by atoms with Crippen LogP contribution in [0.1, 0.15) is 27.0 Å². The summed E-state index contributed by atoms with van der Waals surface area (Å²) in [6, 6.07) is 26.0. The quantitative estimate of drug-likeness (QED) is 0.388. The van der Waals surface area contributed by atoms with Gasteiger partial charge in [0.2, 0.25) is 0 Å². The number of rotatable bonds is 9. The van der Waals surface area contributed by atoms with Crippen LogP contribution in [0.4, 0.5) is 0 Å². The Kier molecular flexibility index (Phi) is 8.88. The van der Waals surface area contributed by atoms with E-state index < -0.39 is 0 Å². The molecule has 0 aromatic heterocycles. The molecule has 6 heteroatoms. The van der Waals surface area contributed by atoms with Crippen LogP contribution in [-0.2, 0) is 19.6 Å². The largest absolute Gasteiger partial charge is 0.489 e. The van der Waals surface area contributed by atoms with Crippen LogP contribution < -0.4 is 15.4 Å². The van der Waals surface area contributed by atoms with Gasteiger partial charge in [0.05, 0.1) is 0 Å². The summed E-state index contributed by atoms with van der Waals surface area (Å²) >= 11 is 0. The fourth-order valence-electron chi connectivity index (χ4n) is 3.25. The second kappa shape index (κ2) is 12.3. The number of hydrogen-bond acceptors (Lipinski definition) is 3. The lowest BCUT2D eigenvalue weighted by Crippen LogP contribution is -2.37. The number of amides is 1. The molecular formula is C27H32N4O2. The molecule has 0 aliphatic carbocycles. The van der Waals surface area contributed by atoms with Crippen molar-refractivity contribution in [2.75, 3.05) is 27.7 Å². The van der Waals surface area contributed by atoms with Crippen LogP contribution >= 0.6 is 0 Å². The minimum Gasteiger partial charge on any atom is -0.489 e. The zero-order chi connectivity index (χ0) is 23.5. The van der Waals surface area contributed by atoms with E-state index >= 15 is 0 Å². The Morgan fingerprint density at radius 1 is 0.848 bits per heavy atom. The number of benzene rings is 3. The van der Waals surface area contributed by atoms with E-state index in [1.54, 1.807) is 26.0 Å². The molecule has 172 valence electrons. The van der Waals surface area contributed by atoms with Crippen LogP contribution in [0.3, 0.4) is 0 Å². The molecule has 0 unspecified atom stereocenters. The third-order valence-electron chi connectivity index (χ3n) is 5.17. The average molecular weight is 445 g/mol. The highest BCUT2D eigenvalue weighted by molar-refractivity contribution is 5.93. The summed E-state index contributed by atoms with van der Waals surface area (Å²) in [6.45, 7) is 1.96. The lowest BCUT2D eigenvalue weighted by molar-refractivity contribution is 0.0827. The molecule has 0 saturated heterocycles. The molecule has 0 heterocycles. The smallest absolute Gasteiger partial charge is 0.253 e. The van der Waals surface area contributed by atoms with Crippen molar-refractivity contribution >= 4 is 11.9 Å². The predicted octanol–water partition coefficient (Wildman–Crippen LogP) is 3.88. The first-order valence-electron chi connectivity index (χ1n) is 11.1. The number of hydrogen-bond donors (Lipinski definition) is 2. The zero-order valence-electron chi connectivity index (χ0n) is 19.5. The number of nitrogens with zero attached hydrogens (tertiary/aromatic N) is 2. The first-order chi connectivity index (χ1) is 16.0. The third-order valence-corrected chi connectivity index (χ3v) is 5.17. The van der Waals surface area contributed by atoms with Crippen LogP contribution in [0.2, 0.25) is 0 Å². The van der Waals surface area contributed by atoms with Gasteiger partial charge in [-0.25, -0.2) is 0 Å². The van der Waals surface area contributed by atoms with Gasteiger partial charge in [-0.2, -0.15) is 0 Å². The molecule has 0 aliphatic rings. The maximum atomic E-state index is 12.0. The number of carbonyl (C=O) groups excluding carboxylic acids is 1. The molecule has 0 aliphatic heterocycles. The first-order valence-corrected chi connectivity index (χ1v) is 11.1. The summed E-state index contributed by atoms with van der Waals surface area (Å²) in [5.74, 6) is 1.61. The van der Waals surface area contributed by atoms with Crippen LogP contribution in [0.15, 0.2) is 83.9 Å². The summed E-state index contributed by atoms with van der Waals surface area (Å²) in [7, 11) is 5.26. The minimum atomic E-state index is 0.00257. The fraction of sp³-hybridized carbons (Fsp3) is 0.259. The average Bonchev–Trinajstić information content (AvgIpc) is 2.86. The van der Waals surface area contributed by atoms with E-state index in [0.29, 0.717) is 18.7 Å². The van der Waals surface area contributed by atoms with E-state index in [2.05, 4.69) is 39.9 Å². The van der Waals surface area contributed by atoms with Gasteiger partial charge in [0, 0.05) is 39.8 Å². The van der Waals surface area contributed by atoms with Crippen molar-refractivity contribution in [3.8, 4) is 5.75 Å². The van der Waals surface area contributed by atoms with Gasteiger partial charge < -0.3 is 20.3 Å². The monoisotopic (exact) mass is 444 g/mol. The Bertz CT molecular complexity index is 1030. The summed E-state index contributed by atoms with van der Waals surface area (Å²) in [6.07, 6.45) is 0.876. The lowest BCUT2D eigenvalue weighted by Gasteiger charge is -2.13. The van der Waals surface area contributed by atoms with Gasteiger partial charge in [0.1, 0.15) is 12.4 Å². The molecule has 6 nitrogen and oxygen atoms in total. The molecule has 0 atom stereocenters. The highest BCUT2D eigenvalue weighted by Gasteiger charge is 2.07. The molecule has 3 aromatic rings. The summed E-state index contributed by atoms with van der Waals surface area (Å²) in [5.41, 5.74) is 4.15. The van der Waals surface area contributed by atoms with Gasteiger partial charge >= 0.3 is 0 Å². The normalized spacial score (nSPS) is 11.1. The number of guanidine groups is 1. The summed E-state index contributed by atoms with van der Waals surface area (Å²) < 4.78 is 5.85. The van der Waals surface area contributed by atoms with Gasteiger partial charge in [0.15, 0.2) is 5.96 Å². The third kappa shape index (κ3) is 7.68. The van der Waals surface area contributed by atoms with Crippen LogP contribution in [0.5, 0.6) is 5.75 Å². The molecule has 33 heavy (non-hydrogen) atoms. The number of carbonyl (C=O) groups is 1. The van der Waals surface area contributed by atoms with Gasteiger partial charge in [-0.3, -0.25) is 9.79 Å². The van der Waals surface area contributed by atoms with Gasteiger partial charge in [-0.1, -0.05) is 54.6 Å². The van der Waals surface area contributed by atoms with Gasteiger partial charge in [0.25, 0.3) is 5.91 Å². The molecule has 0 spiro atoms. The zero-order valence-corrected chi connectivity index (χ0v) is 19.5. The Morgan fingerprint density at radius 2 is 1.52 bits per heavy atom. The highest BCUT2D eigenvalue weighted by atomic mass is 16.5. The van der Waals surface area contributed by atoms with Gasteiger partial charge in [-0.15, -0.1) is 0 Å².